The summed E-state index contributed by atoms with van der Waals surface area (Å²) in [5, 5.41) is 2.43. The summed E-state index contributed by atoms with van der Waals surface area (Å²) in [7, 11) is 0. The number of hydrogen-bond acceptors (Lipinski definition) is 1. The number of pyridine rings is 1. The molecule has 4 aromatic carbocycles. The Morgan fingerprint density at radius 3 is 2.07 bits per heavy atom. The van der Waals surface area contributed by atoms with Gasteiger partial charge in [0.15, 0.2) is 0 Å². The van der Waals surface area contributed by atoms with Gasteiger partial charge in [-0.15, -0.1) is 0 Å². The van der Waals surface area contributed by atoms with Gasteiger partial charge in [-0.25, -0.2) is 4.98 Å². The van der Waals surface area contributed by atoms with E-state index >= 15 is 0 Å². The molecule has 0 N–H and O–H groups in total. The molecule has 0 amide bonds. The molecule has 29 heavy (non-hydrogen) atoms. The van der Waals surface area contributed by atoms with Gasteiger partial charge in [0.1, 0.15) is 0 Å². The minimum absolute atomic E-state index is 0.981. The normalized spacial score (nSPS) is 10.9. The van der Waals surface area contributed by atoms with Gasteiger partial charge in [-0.05, 0) is 34.5 Å². The van der Waals surface area contributed by atoms with Crippen LogP contribution in [0.3, 0.4) is 0 Å². The van der Waals surface area contributed by atoms with Crippen LogP contribution in [0.15, 0.2) is 114 Å². The van der Waals surface area contributed by atoms with Crippen LogP contribution in [0, 0.1) is 0 Å². The van der Waals surface area contributed by atoms with Crippen LogP contribution < -0.4 is 0 Å². The Labute approximate surface area is 178 Å². The summed E-state index contributed by atoms with van der Waals surface area (Å²) in [6.07, 6.45) is 0. The molecule has 138 valence electrons. The van der Waals surface area contributed by atoms with Gasteiger partial charge >= 0.3 is 0 Å². The van der Waals surface area contributed by atoms with Crippen molar-refractivity contribution in [3.63, 3.8) is 0 Å². The van der Waals surface area contributed by atoms with Crippen LogP contribution in [0.1, 0.15) is 0 Å². The van der Waals surface area contributed by atoms with Crippen molar-refractivity contribution < 1.29 is 0 Å². The Morgan fingerprint density at radius 2 is 1.24 bits per heavy atom. The second kappa shape index (κ2) is 7.65. The summed E-state index contributed by atoms with van der Waals surface area (Å²) in [6, 6.07) is 38.0. The van der Waals surface area contributed by atoms with E-state index < -0.39 is 0 Å². The predicted octanol–water partition coefficient (Wildman–Crippen LogP) is 8.00. The molecule has 5 aromatic rings. The Kier molecular flexibility index (Phi) is 4.71. The molecule has 0 saturated heterocycles. The van der Waals surface area contributed by atoms with Gasteiger partial charge < -0.3 is 0 Å². The lowest BCUT2D eigenvalue weighted by Gasteiger charge is -2.14. The molecule has 1 nitrogen and oxygen atoms in total. The molecule has 5 rings (SSSR count). The largest absolute Gasteiger partial charge is 0.247 e. The van der Waals surface area contributed by atoms with Crippen molar-refractivity contribution in [2.24, 2.45) is 0 Å². The quantitative estimate of drug-likeness (QED) is 0.279. The van der Waals surface area contributed by atoms with Crippen molar-refractivity contribution in [3.05, 3.63) is 114 Å². The van der Waals surface area contributed by atoms with Gasteiger partial charge in [0, 0.05) is 21.2 Å². The molecule has 1 heterocycles. The van der Waals surface area contributed by atoms with E-state index in [0.29, 0.717) is 0 Å². The average Bonchev–Trinajstić information content (AvgIpc) is 2.79. The number of fused-ring (bicyclic) bond motifs is 1. The van der Waals surface area contributed by atoms with E-state index in [4.69, 9.17) is 4.98 Å². The third kappa shape index (κ3) is 3.48. The zero-order chi connectivity index (χ0) is 19.6. The van der Waals surface area contributed by atoms with Crippen molar-refractivity contribution in [1.29, 1.82) is 0 Å². The Hall–Kier alpha value is -3.23. The van der Waals surface area contributed by atoms with Gasteiger partial charge in [-0.3, -0.25) is 0 Å². The van der Waals surface area contributed by atoms with Crippen LogP contribution in [0.2, 0.25) is 0 Å². The Bertz CT molecular complexity index is 1290. The van der Waals surface area contributed by atoms with Crippen molar-refractivity contribution in [2.75, 3.05) is 0 Å². The van der Waals surface area contributed by atoms with E-state index in [-0.39, 0.29) is 0 Å². The highest BCUT2D eigenvalue weighted by Gasteiger charge is 2.14. The molecule has 0 aliphatic heterocycles. The van der Waals surface area contributed by atoms with Crippen LogP contribution in [0.5, 0.6) is 0 Å². The minimum Gasteiger partial charge on any atom is -0.247 e. The van der Waals surface area contributed by atoms with Crippen LogP contribution in [0.4, 0.5) is 0 Å². The van der Waals surface area contributed by atoms with Gasteiger partial charge in [-0.2, -0.15) is 0 Å². The molecule has 0 aliphatic rings. The maximum Gasteiger partial charge on any atom is 0.0794 e. The molecular formula is C27H18BrN. The van der Waals surface area contributed by atoms with Crippen LogP contribution in [-0.4, -0.2) is 4.98 Å². The van der Waals surface area contributed by atoms with Crippen LogP contribution in [0.25, 0.3) is 44.4 Å². The van der Waals surface area contributed by atoms with Gasteiger partial charge in [0.05, 0.1) is 11.4 Å². The third-order valence-corrected chi connectivity index (χ3v) is 5.69. The lowest BCUT2D eigenvalue weighted by atomic mass is 9.94. The lowest BCUT2D eigenvalue weighted by Crippen LogP contribution is -1.93. The van der Waals surface area contributed by atoms with E-state index in [0.717, 1.165) is 38.1 Å². The summed E-state index contributed by atoms with van der Waals surface area (Å²) in [5.41, 5.74) is 6.55. The fourth-order valence-corrected chi connectivity index (χ4v) is 3.99. The second-order valence-electron chi connectivity index (χ2n) is 6.99. The topological polar surface area (TPSA) is 12.9 Å². The van der Waals surface area contributed by atoms with Crippen molar-refractivity contribution >= 4 is 26.7 Å². The SMILES string of the molecule is Brc1ccc(-c2ccc(-c3ccccc3)nc2-c2cccc3ccccc23)cc1. The molecule has 0 unspecified atom stereocenters. The molecule has 0 fully saturated rings. The molecule has 0 radical (unpaired) electrons. The standard InChI is InChI=1S/C27H18BrN/c28-22-15-13-20(14-16-22)24-17-18-26(21-8-2-1-3-9-21)29-27(24)25-12-6-10-19-7-4-5-11-23(19)25/h1-18H. The minimum atomic E-state index is 0.981. The zero-order valence-corrected chi connectivity index (χ0v) is 17.3. The maximum atomic E-state index is 5.15. The Balaban J connectivity index is 1.79. The first kappa shape index (κ1) is 17.8. The van der Waals surface area contributed by atoms with E-state index in [2.05, 4.69) is 119 Å². The number of benzene rings is 4. The lowest BCUT2D eigenvalue weighted by molar-refractivity contribution is 1.33. The molecular weight excluding hydrogens is 418 g/mol. The molecule has 0 atom stereocenters. The average molecular weight is 436 g/mol. The number of aromatic nitrogens is 1. The summed E-state index contributed by atoms with van der Waals surface area (Å²) in [4.78, 5) is 5.15. The van der Waals surface area contributed by atoms with E-state index in [9.17, 15) is 0 Å². The van der Waals surface area contributed by atoms with Crippen molar-refractivity contribution in [3.8, 4) is 33.6 Å². The highest BCUT2D eigenvalue weighted by molar-refractivity contribution is 9.10. The predicted molar refractivity (Wildman–Crippen MR) is 126 cm³/mol. The van der Waals surface area contributed by atoms with Crippen LogP contribution >= 0.6 is 15.9 Å². The fraction of sp³-hybridized carbons (Fsp3) is 0. The van der Waals surface area contributed by atoms with Gasteiger partial charge in [-0.1, -0.05) is 107 Å². The molecule has 2 heteroatoms. The monoisotopic (exact) mass is 435 g/mol. The maximum absolute atomic E-state index is 5.15. The number of hydrogen-bond donors (Lipinski definition) is 0. The summed E-state index contributed by atoms with van der Waals surface area (Å²) in [5.74, 6) is 0. The molecule has 0 aliphatic carbocycles. The van der Waals surface area contributed by atoms with Gasteiger partial charge in [0.2, 0.25) is 0 Å². The van der Waals surface area contributed by atoms with E-state index in [1.165, 1.54) is 10.8 Å². The van der Waals surface area contributed by atoms with Crippen LogP contribution in [-0.2, 0) is 0 Å². The zero-order valence-electron chi connectivity index (χ0n) is 15.7. The van der Waals surface area contributed by atoms with Crippen molar-refractivity contribution in [1.82, 2.24) is 4.98 Å². The molecule has 1 aromatic heterocycles. The smallest absolute Gasteiger partial charge is 0.0794 e. The number of halogens is 1. The summed E-state index contributed by atoms with van der Waals surface area (Å²) in [6.45, 7) is 0. The first-order chi connectivity index (χ1) is 14.3. The van der Waals surface area contributed by atoms with Gasteiger partial charge in [0.25, 0.3) is 0 Å². The van der Waals surface area contributed by atoms with E-state index in [1.807, 2.05) is 6.07 Å². The highest BCUT2D eigenvalue weighted by atomic mass is 79.9. The number of rotatable bonds is 3. The van der Waals surface area contributed by atoms with E-state index in [1.54, 1.807) is 0 Å². The molecule has 0 saturated carbocycles. The second-order valence-corrected chi connectivity index (χ2v) is 7.91. The Morgan fingerprint density at radius 1 is 0.517 bits per heavy atom. The first-order valence-electron chi connectivity index (χ1n) is 9.60. The highest BCUT2D eigenvalue weighted by Crippen LogP contribution is 2.36. The summed E-state index contributed by atoms with van der Waals surface area (Å²) >= 11 is 3.54. The fourth-order valence-electron chi connectivity index (χ4n) is 3.73. The molecule has 0 bridgehead atoms. The third-order valence-electron chi connectivity index (χ3n) is 5.16. The molecule has 0 spiro atoms. The number of nitrogens with zero attached hydrogens (tertiary/aromatic N) is 1. The first-order valence-corrected chi connectivity index (χ1v) is 10.4. The summed E-state index contributed by atoms with van der Waals surface area (Å²) < 4.78 is 1.07. The van der Waals surface area contributed by atoms with Crippen molar-refractivity contribution in [2.45, 2.75) is 0 Å².